The number of aromatic hydroxyl groups is 1. The average Bonchev–Trinajstić information content (AvgIpc) is 3.00. The number of phenols is 1. The van der Waals surface area contributed by atoms with Gasteiger partial charge in [-0.2, -0.15) is 0 Å². The second-order valence-corrected chi connectivity index (χ2v) is 5.40. The first-order valence-electron chi connectivity index (χ1n) is 7.21. The number of benzene rings is 1. The van der Waals surface area contributed by atoms with Gasteiger partial charge in [-0.1, -0.05) is 18.9 Å². The van der Waals surface area contributed by atoms with Crippen LogP contribution in [0.4, 0.5) is 0 Å². The van der Waals surface area contributed by atoms with Crippen LogP contribution in [0.1, 0.15) is 41.6 Å². The summed E-state index contributed by atoms with van der Waals surface area (Å²) in [5.74, 6) is -0.556. The average molecular weight is 291 g/mol. The summed E-state index contributed by atoms with van der Waals surface area (Å²) in [6.45, 7) is 1.66. The summed E-state index contributed by atoms with van der Waals surface area (Å²) in [5, 5.41) is 9.76. The van der Waals surface area contributed by atoms with Gasteiger partial charge in [0.1, 0.15) is 12.3 Å². The van der Waals surface area contributed by atoms with Crippen molar-refractivity contribution in [2.75, 3.05) is 13.7 Å². The third kappa shape index (κ3) is 3.35. The van der Waals surface area contributed by atoms with Gasteiger partial charge in [0.15, 0.2) is 0 Å². The van der Waals surface area contributed by atoms with Crippen LogP contribution < -0.4 is 0 Å². The monoisotopic (exact) mass is 291 g/mol. The maximum atomic E-state index is 12.8. The van der Waals surface area contributed by atoms with Gasteiger partial charge >= 0.3 is 5.97 Å². The van der Waals surface area contributed by atoms with E-state index in [9.17, 15) is 14.7 Å². The predicted octanol–water partition coefficient (Wildman–Crippen LogP) is 2.26. The van der Waals surface area contributed by atoms with Crippen LogP contribution in [0.5, 0.6) is 5.75 Å². The summed E-state index contributed by atoms with van der Waals surface area (Å²) in [4.78, 5) is 25.9. The van der Waals surface area contributed by atoms with Gasteiger partial charge < -0.3 is 14.7 Å². The van der Waals surface area contributed by atoms with E-state index in [-0.39, 0.29) is 24.2 Å². The highest BCUT2D eigenvalue weighted by Gasteiger charge is 2.30. The van der Waals surface area contributed by atoms with Gasteiger partial charge in [-0.25, -0.2) is 0 Å². The zero-order valence-electron chi connectivity index (χ0n) is 12.5. The second-order valence-electron chi connectivity index (χ2n) is 5.40. The Morgan fingerprint density at radius 3 is 2.62 bits per heavy atom. The number of amides is 1. The molecule has 21 heavy (non-hydrogen) atoms. The Morgan fingerprint density at radius 1 is 1.33 bits per heavy atom. The number of carbonyl (C=O) groups excluding carboxylic acids is 2. The Morgan fingerprint density at radius 2 is 2.00 bits per heavy atom. The number of carbonyl (C=O) groups is 2. The summed E-state index contributed by atoms with van der Waals surface area (Å²) in [7, 11) is 1.32. The lowest BCUT2D eigenvalue weighted by atomic mass is 10.0. The first kappa shape index (κ1) is 15.4. The Labute approximate surface area is 124 Å². The number of ether oxygens (including phenoxy) is 1. The van der Waals surface area contributed by atoms with Crippen LogP contribution in [0.2, 0.25) is 0 Å². The number of esters is 1. The van der Waals surface area contributed by atoms with E-state index >= 15 is 0 Å². The van der Waals surface area contributed by atoms with Crippen LogP contribution in [-0.2, 0) is 9.53 Å². The molecule has 0 bridgehead atoms. The molecule has 0 heterocycles. The van der Waals surface area contributed by atoms with Crippen LogP contribution in [-0.4, -0.2) is 41.6 Å². The van der Waals surface area contributed by atoms with Gasteiger partial charge in [-0.15, -0.1) is 0 Å². The summed E-state index contributed by atoms with van der Waals surface area (Å²) in [5.41, 5.74) is 0.973. The van der Waals surface area contributed by atoms with Crippen LogP contribution in [0.25, 0.3) is 0 Å². The molecule has 114 valence electrons. The number of methoxy groups -OCH3 is 1. The van der Waals surface area contributed by atoms with Crippen molar-refractivity contribution >= 4 is 11.9 Å². The molecule has 0 radical (unpaired) electrons. The third-order valence-corrected chi connectivity index (χ3v) is 4.09. The molecule has 0 saturated heterocycles. The van der Waals surface area contributed by atoms with Crippen LogP contribution >= 0.6 is 0 Å². The Bertz CT molecular complexity index is 535. The zero-order chi connectivity index (χ0) is 15.4. The molecule has 1 amide bonds. The molecule has 5 nitrogen and oxygen atoms in total. The summed E-state index contributed by atoms with van der Waals surface area (Å²) in [6.07, 6.45) is 3.93. The molecule has 0 unspecified atom stereocenters. The van der Waals surface area contributed by atoms with Crippen molar-refractivity contribution in [3.8, 4) is 5.75 Å². The van der Waals surface area contributed by atoms with E-state index in [2.05, 4.69) is 0 Å². The summed E-state index contributed by atoms with van der Waals surface area (Å²) >= 11 is 0. The number of nitrogens with zero attached hydrogens (tertiary/aromatic N) is 1. The lowest BCUT2D eigenvalue weighted by Gasteiger charge is -2.28. The van der Waals surface area contributed by atoms with Gasteiger partial charge in [0, 0.05) is 17.2 Å². The molecule has 0 atom stereocenters. The zero-order valence-corrected chi connectivity index (χ0v) is 12.5. The molecule has 2 rings (SSSR count). The van der Waals surface area contributed by atoms with Crippen molar-refractivity contribution in [1.82, 2.24) is 4.90 Å². The van der Waals surface area contributed by atoms with Gasteiger partial charge in [-0.3, -0.25) is 9.59 Å². The smallest absolute Gasteiger partial charge is 0.325 e. The van der Waals surface area contributed by atoms with Crippen molar-refractivity contribution in [1.29, 1.82) is 0 Å². The number of rotatable bonds is 4. The molecule has 0 aromatic heterocycles. The molecule has 1 aliphatic rings. The van der Waals surface area contributed by atoms with Gasteiger partial charge in [0.05, 0.1) is 7.11 Å². The third-order valence-electron chi connectivity index (χ3n) is 4.09. The second kappa shape index (κ2) is 6.61. The van der Waals surface area contributed by atoms with E-state index < -0.39 is 5.97 Å². The maximum Gasteiger partial charge on any atom is 0.325 e. The van der Waals surface area contributed by atoms with Crippen molar-refractivity contribution in [3.05, 3.63) is 29.3 Å². The molecule has 1 N–H and O–H groups in total. The minimum absolute atomic E-state index is 0.0465. The fourth-order valence-corrected chi connectivity index (χ4v) is 2.80. The van der Waals surface area contributed by atoms with E-state index in [4.69, 9.17) is 4.74 Å². The molecule has 1 aromatic rings. The van der Waals surface area contributed by atoms with E-state index in [1.807, 2.05) is 0 Å². The van der Waals surface area contributed by atoms with Gasteiger partial charge in [0.25, 0.3) is 5.91 Å². The Kier molecular flexibility index (Phi) is 4.83. The number of phenolic OH excluding ortho intramolecular Hbond substituents is 1. The van der Waals surface area contributed by atoms with E-state index in [0.29, 0.717) is 11.1 Å². The molecule has 1 fully saturated rings. The quantitative estimate of drug-likeness (QED) is 0.864. The van der Waals surface area contributed by atoms with Crippen LogP contribution in [0.3, 0.4) is 0 Å². The fourth-order valence-electron chi connectivity index (χ4n) is 2.80. The highest BCUT2D eigenvalue weighted by Crippen LogP contribution is 2.27. The fraction of sp³-hybridized carbons (Fsp3) is 0.500. The standard InChI is InChI=1S/C16H21NO4/c1-11-13(8-5-9-14(11)18)16(20)17(10-15(19)21-2)12-6-3-4-7-12/h5,8-9,12,18H,3-4,6-7,10H2,1-2H3. The molecule has 5 heteroatoms. The number of hydrogen-bond donors (Lipinski definition) is 1. The van der Waals surface area contributed by atoms with Gasteiger partial charge in [-0.05, 0) is 31.9 Å². The molecule has 1 saturated carbocycles. The first-order chi connectivity index (χ1) is 10.0. The molecule has 1 aromatic carbocycles. The summed E-state index contributed by atoms with van der Waals surface area (Å²) in [6, 6.07) is 4.93. The lowest BCUT2D eigenvalue weighted by Crippen LogP contribution is -2.42. The highest BCUT2D eigenvalue weighted by molar-refractivity contribution is 5.98. The van der Waals surface area contributed by atoms with Gasteiger partial charge in [0.2, 0.25) is 0 Å². The van der Waals surface area contributed by atoms with E-state index in [0.717, 1.165) is 25.7 Å². The van der Waals surface area contributed by atoms with Crippen molar-refractivity contribution in [3.63, 3.8) is 0 Å². The normalized spacial score (nSPS) is 15.0. The highest BCUT2D eigenvalue weighted by atomic mass is 16.5. The topological polar surface area (TPSA) is 66.8 Å². The first-order valence-corrected chi connectivity index (χ1v) is 7.21. The molecule has 0 aliphatic heterocycles. The summed E-state index contributed by atoms with van der Waals surface area (Å²) < 4.78 is 4.70. The Hall–Kier alpha value is -2.04. The minimum Gasteiger partial charge on any atom is -0.508 e. The molecule has 0 spiro atoms. The van der Waals surface area contributed by atoms with E-state index in [1.165, 1.54) is 7.11 Å². The molecular weight excluding hydrogens is 270 g/mol. The maximum absolute atomic E-state index is 12.8. The predicted molar refractivity (Wildman–Crippen MR) is 78.2 cm³/mol. The lowest BCUT2D eigenvalue weighted by molar-refractivity contribution is -0.141. The Balaban J connectivity index is 2.28. The SMILES string of the molecule is COC(=O)CN(C(=O)c1cccc(O)c1C)C1CCCC1. The largest absolute Gasteiger partial charge is 0.508 e. The molecular formula is C16H21NO4. The van der Waals surface area contributed by atoms with Crippen molar-refractivity contribution in [2.45, 2.75) is 38.6 Å². The van der Waals surface area contributed by atoms with Crippen molar-refractivity contribution < 1.29 is 19.4 Å². The van der Waals surface area contributed by atoms with E-state index in [1.54, 1.807) is 30.0 Å². The minimum atomic E-state index is -0.423. The van der Waals surface area contributed by atoms with Crippen LogP contribution in [0.15, 0.2) is 18.2 Å². The van der Waals surface area contributed by atoms with Crippen LogP contribution in [0, 0.1) is 6.92 Å². The molecule has 1 aliphatic carbocycles. The number of hydrogen-bond acceptors (Lipinski definition) is 4. The van der Waals surface area contributed by atoms with Crippen molar-refractivity contribution in [2.24, 2.45) is 0 Å².